The van der Waals surface area contributed by atoms with Gasteiger partial charge in [-0.3, -0.25) is 9.59 Å². The van der Waals surface area contributed by atoms with Gasteiger partial charge in [0.2, 0.25) is 5.91 Å². The predicted molar refractivity (Wildman–Crippen MR) is 111 cm³/mol. The van der Waals surface area contributed by atoms with Crippen LogP contribution in [0.15, 0.2) is 36.4 Å². The molecule has 0 aromatic heterocycles. The van der Waals surface area contributed by atoms with E-state index in [1.165, 1.54) is 11.1 Å². The topological polar surface area (TPSA) is 67.4 Å². The molecule has 5 heteroatoms. The van der Waals surface area contributed by atoms with Crippen molar-refractivity contribution in [2.24, 2.45) is 0 Å². The van der Waals surface area contributed by atoms with Crippen molar-refractivity contribution in [3.63, 3.8) is 0 Å². The fourth-order valence-electron chi connectivity index (χ4n) is 3.82. The monoisotopic (exact) mass is 380 g/mol. The summed E-state index contributed by atoms with van der Waals surface area (Å²) in [4.78, 5) is 24.8. The van der Waals surface area contributed by atoms with Crippen molar-refractivity contribution >= 4 is 17.5 Å². The third kappa shape index (κ3) is 4.53. The van der Waals surface area contributed by atoms with Gasteiger partial charge >= 0.3 is 0 Å². The maximum absolute atomic E-state index is 12.7. The normalized spacial score (nSPS) is 15.5. The Hall–Kier alpha value is -2.82. The highest BCUT2D eigenvalue weighted by molar-refractivity contribution is 5.97. The van der Waals surface area contributed by atoms with Gasteiger partial charge in [0.15, 0.2) is 0 Å². The van der Waals surface area contributed by atoms with Gasteiger partial charge in [-0.15, -0.1) is 0 Å². The Morgan fingerprint density at radius 1 is 1.18 bits per heavy atom. The fraction of sp³-hybridized carbons (Fsp3) is 0.391. The predicted octanol–water partition coefficient (Wildman–Crippen LogP) is 4.20. The second-order valence-electron chi connectivity index (χ2n) is 7.30. The molecule has 1 aliphatic rings. The molecular weight excluding hydrogens is 352 g/mol. The molecule has 28 heavy (non-hydrogen) atoms. The quantitative estimate of drug-likeness (QED) is 0.789. The van der Waals surface area contributed by atoms with Crippen LogP contribution < -0.4 is 15.4 Å². The van der Waals surface area contributed by atoms with Crippen LogP contribution in [0, 0.1) is 6.92 Å². The molecular formula is C23H28N2O3. The lowest BCUT2D eigenvalue weighted by Crippen LogP contribution is -2.23. The molecule has 148 valence electrons. The molecule has 1 atom stereocenters. The van der Waals surface area contributed by atoms with E-state index in [2.05, 4.69) is 22.8 Å². The summed E-state index contributed by atoms with van der Waals surface area (Å²) in [5.41, 5.74) is 4.71. The Morgan fingerprint density at radius 2 is 2.00 bits per heavy atom. The van der Waals surface area contributed by atoms with E-state index in [0.29, 0.717) is 24.2 Å². The van der Waals surface area contributed by atoms with E-state index in [-0.39, 0.29) is 17.7 Å². The number of carbonyl (C=O) groups is 2. The van der Waals surface area contributed by atoms with Crippen LogP contribution in [-0.2, 0) is 11.2 Å². The Bertz CT molecular complexity index is 876. The van der Waals surface area contributed by atoms with Crippen LogP contribution in [0.1, 0.15) is 59.2 Å². The summed E-state index contributed by atoms with van der Waals surface area (Å²) < 4.78 is 5.32. The van der Waals surface area contributed by atoms with E-state index >= 15 is 0 Å². The molecule has 0 fully saturated rings. The van der Waals surface area contributed by atoms with Crippen molar-refractivity contribution in [2.45, 2.75) is 45.4 Å². The second kappa shape index (κ2) is 8.91. The summed E-state index contributed by atoms with van der Waals surface area (Å²) in [6, 6.07) is 11.5. The number of nitrogens with one attached hydrogen (secondary N) is 2. The lowest BCUT2D eigenvalue weighted by atomic mass is 9.81. The minimum atomic E-state index is -0.131. The second-order valence-corrected chi connectivity index (χ2v) is 7.30. The van der Waals surface area contributed by atoms with Gasteiger partial charge in [-0.2, -0.15) is 0 Å². The first-order valence-electron chi connectivity index (χ1n) is 9.87. The molecule has 2 amide bonds. The van der Waals surface area contributed by atoms with Gasteiger partial charge < -0.3 is 15.4 Å². The maximum atomic E-state index is 12.7. The van der Waals surface area contributed by atoms with Gasteiger partial charge in [-0.1, -0.05) is 12.1 Å². The van der Waals surface area contributed by atoms with Gasteiger partial charge in [0.1, 0.15) is 5.75 Å². The van der Waals surface area contributed by atoms with Crippen molar-refractivity contribution in [1.29, 1.82) is 0 Å². The van der Waals surface area contributed by atoms with Gasteiger partial charge in [-0.05, 0) is 80.0 Å². The number of hydrogen-bond acceptors (Lipinski definition) is 3. The van der Waals surface area contributed by atoms with Crippen LogP contribution in [0.2, 0.25) is 0 Å². The summed E-state index contributed by atoms with van der Waals surface area (Å²) in [6.07, 6.45) is 3.54. The lowest BCUT2D eigenvalue weighted by Gasteiger charge is -2.25. The van der Waals surface area contributed by atoms with E-state index in [9.17, 15) is 9.59 Å². The molecule has 0 saturated heterocycles. The molecule has 0 spiro atoms. The summed E-state index contributed by atoms with van der Waals surface area (Å²) in [5.74, 6) is 0.918. The minimum absolute atomic E-state index is 0.0233. The average Bonchev–Trinajstić information content (AvgIpc) is 2.69. The third-order valence-corrected chi connectivity index (χ3v) is 5.33. The average molecular weight is 380 g/mol. The molecule has 0 aliphatic heterocycles. The van der Waals surface area contributed by atoms with E-state index in [0.717, 1.165) is 30.6 Å². The van der Waals surface area contributed by atoms with Crippen molar-refractivity contribution in [3.8, 4) is 5.75 Å². The Kier molecular flexibility index (Phi) is 6.34. The van der Waals surface area contributed by atoms with Gasteiger partial charge in [0, 0.05) is 24.2 Å². The fourth-order valence-corrected chi connectivity index (χ4v) is 3.82. The van der Waals surface area contributed by atoms with E-state index in [1.807, 2.05) is 26.0 Å². The smallest absolute Gasteiger partial charge is 0.251 e. The molecule has 2 aromatic rings. The van der Waals surface area contributed by atoms with Crippen molar-refractivity contribution in [3.05, 3.63) is 58.7 Å². The number of amides is 2. The molecule has 1 unspecified atom stereocenters. The van der Waals surface area contributed by atoms with E-state index in [1.54, 1.807) is 19.2 Å². The Labute approximate surface area is 166 Å². The molecule has 2 aromatic carbocycles. The molecule has 0 bridgehead atoms. The third-order valence-electron chi connectivity index (χ3n) is 5.33. The van der Waals surface area contributed by atoms with Crippen molar-refractivity contribution in [2.75, 3.05) is 19.0 Å². The number of rotatable bonds is 6. The minimum Gasteiger partial charge on any atom is -0.497 e. The van der Waals surface area contributed by atoms with Crippen LogP contribution in [0.5, 0.6) is 5.75 Å². The summed E-state index contributed by atoms with van der Waals surface area (Å²) >= 11 is 0. The van der Waals surface area contributed by atoms with Gasteiger partial charge in [-0.25, -0.2) is 0 Å². The summed E-state index contributed by atoms with van der Waals surface area (Å²) in [5, 5.41) is 5.79. The van der Waals surface area contributed by atoms with Crippen LogP contribution in [0.3, 0.4) is 0 Å². The number of anilines is 1. The maximum Gasteiger partial charge on any atom is 0.251 e. The van der Waals surface area contributed by atoms with E-state index in [4.69, 9.17) is 4.74 Å². The first-order chi connectivity index (χ1) is 13.5. The van der Waals surface area contributed by atoms with Gasteiger partial charge in [0.25, 0.3) is 5.91 Å². The van der Waals surface area contributed by atoms with Gasteiger partial charge in [0.05, 0.1) is 7.11 Å². The zero-order chi connectivity index (χ0) is 20.1. The number of aryl methyl sites for hydroxylation is 2. The Morgan fingerprint density at radius 3 is 2.75 bits per heavy atom. The van der Waals surface area contributed by atoms with E-state index < -0.39 is 0 Å². The van der Waals surface area contributed by atoms with Crippen LogP contribution in [-0.4, -0.2) is 25.5 Å². The molecule has 0 heterocycles. The number of fused-ring (bicyclic) bond motifs is 1. The highest BCUT2D eigenvalue weighted by Crippen LogP contribution is 2.36. The van der Waals surface area contributed by atoms with Crippen molar-refractivity contribution < 1.29 is 14.3 Å². The number of carbonyl (C=O) groups excluding carboxylic acids is 2. The number of benzene rings is 2. The zero-order valence-electron chi connectivity index (χ0n) is 16.8. The highest BCUT2D eigenvalue weighted by atomic mass is 16.5. The summed E-state index contributed by atoms with van der Waals surface area (Å²) in [7, 11) is 1.67. The van der Waals surface area contributed by atoms with Crippen molar-refractivity contribution in [1.82, 2.24) is 5.32 Å². The molecule has 1 aliphatic carbocycles. The highest BCUT2D eigenvalue weighted by Gasteiger charge is 2.23. The van der Waals surface area contributed by atoms with Crippen LogP contribution in [0.25, 0.3) is 0 Å². The first-order valence-corrected chi connectivity index (χ1v) is 9.87. The largest absolute Gasteiger partial charge is 0.497 e. The zero-order valence-corrected chi connectivity index (χ0v) is 16.8. The Balaban J connectivity index is 1.72. The molecule has 0 saturated carbocycles. The lowest BCUT2D eigenvalue weighted by molar-refractivity contribution is -0.116. The summed E-state index contributed by atoms with van der Waals surface area (Å²) in [6.45, 7) is 4.38. The molecule has 0 radical (unpaired) electrons. The number of hydrogen-bond donors (Lipinski definition) is 2. The number of ether oxygens (including phenoxy) is 1. The molecule has 2 N–H and O–H groups in total. The number of methoxy groups -OCH3 is 1. The molecule has 5 nitrogen and oxygen atoms in total. The van der Waals surface area contributed by atoms with Crippen LogP contribution >= 0.6 is 0 Å². The molecule has 3 rings (SSSR count). The SMILES string of the molecule is CCNC(=O)c1ccc(C)c(NC(=O)CC2CCCc3cc(OC)ccc32)c1. The first kappa shape index (κ1) is 19.9. The van der Waals surface area contributed by atoms with Crippen LogP contribution in [0.4, 0.5) is 5.69 Å². The standard InChI is InChI=1S/C23H28N2O3/c1-4-24-23(27)18-9-8-15(2)21(13-18)25-22(26)14-17-7-5-6-16-12-19(28-3)10-11-20(16)17/h8-13,17H,4-7,14H2,1-3H3,(H,24,27)(H,25,26).